The zero-order valence-corrected chi connectivity index (χ0v) is 12.6. The number of ether oxygens (including phenoxy) is 2. The highest BCUT2D eigenvalue weighted by Gasteiger charge is 2.26. The van der Waals surface area contributed by atoms with Crippen molar-refractivity contribution in [3.8, 4) is 0 Å². The fourth-order valence-corrected chi connectivity index (χ4v) is 3.40. The van der Waals surface area contributed by atoms with E-state index in [0.717, 1.165) is 33.0 Å². The van der Waals surface area contributed by atoms with E-state index in [0.29, 0.717) is 0 Å². The molecule has 0 aromatic heterocycles. The van der Waals surface area contributed by atoms with Crippen molar-refractivity contribution in [2.75, 3.05) is 0 Å². The molecule has 0 amide bonds. The maximum atomic E-state index is 11.8. The van der Waals surface area contributed by atoms with Crippen molar-refractivity contribution in [3.63, 3.8) is 0 Å². The number of hydrogen-bond donors (Lipinski definition) is 0. The van der Waals surface area contributed by atoms with Crippen LogP contribution in [0.4, 0.5) is 0 Å². The molecule has 0 atom stereocenters. The van der Waals surface area contributed by atoms with Gasteiger partial charge >= 0.3 is 23.9 Å². The molecule has 2 aliphatic heterocycles. The number of cyclic esters (lactones) is 4. The standard InChI is InChI=1S/C18H12O6/c19-13-5-9-1-2-10-6-14(20)24-16(22)8-12-4-3-11(7-15(21)23-13)17(9)18(10)12/h1-4H,5-8H2. The van der Waals surface area contributed by atoms with Gasteiger partial charge in [0.05, 0.1) is 25.7 Å². The van der Waals surface area contributed by atoms with Crippen LogP contribution < -0.4 is 0 Å². The molecule has 0 unspecified atom stereocenters. The van der Waals surface area contributed by atoms with E-state index in [1.165, 1.54) is 0 Å². The molecule has 2 aromatic carbocycles. The molecule has 120 valence electrons. The second kappa shape index (κ2) is 5.26. The molecule has 24 heavy (non-hydrogen) atoms. The van der Waals surface area contributed by atoms with Crippen molar-refractivity contribution in [2.45, 2.75) is 25.7 Å². The molecule has 0 spiro atoms. The second-order valence-electron chi connectivity index (χ2n) is 5.92. The number of benzene rings is 2. The van der Waals surface area contributed by atoms with Crippen molar-refractivity contribution >= 4 is 34.6 Å². The van der Waals surface area contributed by atoms with Gasteiger partial charge < -0.3 is 9.47 Å². The molecule has 0 saturated carbocycles. The molecule has 4 rings (SSSR count). The van der Waals surface area contributed by atoms with Crippen molar-refractivity contribution in [2.24, 2.45) is 0 Å². The molecule has 0 radical (unpaired) electrons. The average Bonchev–Trinajstić information content (AvgIpc) is 2.48. The van der Waals surface area contributed by atoms with Gasteiger partial charge in [-0.25, -0.2) is 0 Å². The van der Waals surface area contributed by atoms with Gasteiger partial charge in [-0.05, 0) is 33.0 Å². The van der Waals surface area contributed by atoms with E-state index in [4.69, 9.17) is 9.47 Å². The molecule has 6 nitrogen and oxygen atoms in total. The van der Waals surface area contributed by atoms with Crippen LogP contribution >= 0.6 is 0 Å². The van der Waals surface area contributed by atoms with E-state index < -0.39 is 23.9 Å². The topological polar surface area (TPSA) is 86.7 Å². The summed E-state index contributed by atoms with van der Waals surface area (Å²) in [6, 6.07) is 7.05. The number of carbonyl (C=O) groups is 4. The summed E-state index contributed by atoms with van der Waals surface area (Å²) in [6.07, 6.45) is -0.122. The Morgan fingerprint density at radius 1 is 0.500 bits per heavy atom. The minimum Gasteiger partial charge on any atom is -0.393 e. The first-order valence-corrected chi connectivity index (χ1v) is 7.53. The normalized spacial score (nSPS) is 17.5. The predicted molar refractivity (Wildman–Crippen MR) is 81.0 cm³/mol. The molecule has 0 bridgehead atoms. The quantitative estimate of drug-likeness (QED) is 0.534. The second-order valence-corrected chi connectivity index (χ2v) is 5.92. The van der Waals surface area contributed by atoms with E-state index in [-0.39, 0.29) is 25.7 Å². The van der Waals surface area contributed by atoms with Gasteiger partial charge in [0.1, 0.15) is 0 Å². The van der Waals surface area contributed by atoms with Crippen LogP contribution in [0.25, 0.3) is 10.8 Å². The summed E-state index contributed by atoms with van der Waals surface area (Å²) in [5.41, 5.74) is 2.91. The van der Waals surface area contributed by atoms with Crippen molar-refractivity contribution < 1.29 is 28.7 Å². The fraction of sp³-hybridized carbons (Fsp3) is 0.222. The van der Waals surface area contributed by atoms with Gasteiger partial charge in [0, 0.05) is 0 Å². The third-order valence-electron chi connectivity index (χ3n) is 4.30. The summed E-state index contributed by atoms with van der Waals surface area (Å²) in [5.74, 6) is -2.42. The third kappa shape index (κ3) is 2.36. The van der Waals surface area contributed by atoms with Gasteiger partial charge in [-0.1, -0.05) is 24.3 Å². The molecule has 0 fully saturated rings. The molecular formula is C18H12O6. The van der Waals surface area contributed by atoms with Gasteiger partial charge in [-0.15, -0.1) is 0 Å². The Bertz CT molecular complexity index is 793. The van der Waals surface area contributed by atoms with Crippen LogP contribution in [0.1, 0.15) is 22.3 Å². The Morgan fingerprint density at radius 3 is 1.00 bits per heavy atom. The van der Waals surface area contributed by atoms with E-state index in [9.17, 15) is 19.2 Å². The Morgan fingerprint density at radius 2 is 0.750 bits per heavy atom. The highest BCUT2D eigenvalue weighted by atomic mass is 16.6. The van der Waals surface area contributed by atoms with Gasteiger partial charge in [0.25, 0.3) is 0 Å². The van der Waals surface area contributed by atoms with E-state index in [1.54, 1.807) is 24.3 Å². The highest BCUT2D eigenvalue weighted by molar-refractivity contribution is 6.04. The molecule has 2 aromatic rings. The predicted octanol–water partition coefficient (Wildman–Crippen LogP) is 1.18. The average molecular weight is 324 g/mol. The van der Waals surface area contributed by atoms with E-state index in [1.807, 2.05) is 0 Å². The Balaban J connectivity index is 2.06. The number of carbonyl (C=O) groups excluding carboxylic acids is 4. The first-order chi connectivity index (χ1) is 11.5. The lowest BCUT2D eigenvalue weighted by Crippen LogP contribution is -2.22. The van der Waals surface area contributed by atoms with Crippen LogP contribution in [0.5, 0.6) is 0 Å². The van der Waals surface area contributed by atoms with Crippen molar-refractivity contribution in [1.82, 2.24) is 0 Å². The highest BCUT2D eigenvalue weighted by Crippen LogP contribution is 2.33. The Labute approximate surface area is 136 Å². The van der Waals surface area contributed by atoms with E-state index in [2.05, 4.69) is 0 Å². The lowest BCUT2D eigenvalue weighted by atomic mass is 9.87. The molecule has 6 heteroatoms. The largest absolute Gasteiger partial charge is 0.393 e. The SMILES string of the molecule is O=C1Cc2ccc3c4c(ccc(c24)CC(=O)O1)CC(=O)OC(=O)C3. The van der Waals surface area contributed by atoms with Crippen molar-refractivity contribution in [1.29, 1.82) is 0 Å². The van der Waals surface area contributed by atoms with Crippen LogP contribution in [0.2, 0.25) is 0 Å². The molecular weight excluding hydrogens is 312 g/mol. The minimum absolute atomic E-state index is 0.0304. The van der Waals surface area contributed by atoms with Crippen LogP contribution in [0, 0.1) is 0 Å². The summed E-state index contributed by atoms with van der Waals surface area (Å²) in [6.45, 7) is 0. The summed E-state index contributed by atoms with van der Waals surface area (Å²) in [4.78, 5) is 47.2. The minimum atomic E-state index is -0.604. The lowest BCUT2D eigenvalue weighted by molar-refractivity contribution is -0.160. The fourth-order valence-electron chi connectivity index (χ4n) is 3.40. The van der Waals surface area contributed by atoms with Crippen LogP contribution in [-0.4, -0.2) is 23.9 Å². The molecule has 0 aliphatic carbocycles. The molecule has 0 saturated heterocycles. The summed E-state index contributed by atoms with van der Waals surface area (Å²) in [5, 5.41) is 1.52. The van der Waals surface area contributed by atoms with Gasteiger partial charge in [0.15, 0.2) is 0 Å². The first-order valence-electron chi connectivity index (χ1n) is 7.53. The lowest BCUT2D eigenvalue weighted by Gasteiger charge is -2.20. The van der Waals surface area contributed by atoms with Gasteiger partial charge in [0.2, 0.25) is 0 Å². The third-order valence-corrected chi connectivity index (χ3v) is 4.30. The van der Waals surface area contributed by atoms with Crippen molar-refractivity contribution in [3.05, 3.63) is 46.5 Å². The Kier molecular flexibility index (Phi) is 3.19. The number of rotatable bonds is 0. The number of esters is 4. The zero-order chi connectivity index (χ0) is 16.8. The maximum absolute atomic E-state index is 11.8. The molecule has 2 aliphatic rings. The maximum Gasteiger partial charge on any atom is 0.317 e. The Hall–Kier alpha value is -3.02. The molecule has 2 heterocycles. The number of hydrogen-bond acceptors (Lipinski definition) is 6. The smallest absolute Gasteiger partial charge is 0.317 e. The zero-order valence-electron chi connectivity index (χ0n) is 12.6. The summed E-state index contributed by atoms with van der Waals surface area (Å²) in [7, 11) is 0. The van der Waals surface area contributed by atoms with Crippen LogP contribution in [-0.2, 0) is 54.3 Å². The van der Waals surface area contributed by atoms with Crippen LogP contribution in [0.15, 0.2) is 24.3 Å². The summed E-state index contributed by atoms with van der Waals surface area (Å²) >= 11 is 0. The first kappa shape index (κ1) is 14.6. The molecule has 0 N–H and O–H groups in total. The van der Waals surface area contributed by atoms with Gasteiger partial charge in [-0.2, -0.15) is 0 Å². The van der Waals surface area contributed by atoms with E-state index >= 15 is 0 Å². The van der Waals surface area contributed by atoms with Gasteiger partial charge in [-0.3, -0.25) is 19.2 Å². The van der Waals surface area contributed by atoms with Crippen LogP contribution in [0.3, 0.4) is 0 Å². The summed E-state index contributed by atoms with van der Waals surface area (Å²) < 4.78 is 9.51. The monoisotopic (exact) mass is 324 g/mol.